The fraction of sp³-hybridized carbons (Fsp3) is 0.280. The van der Waals surface area contributed by atoms with Gasteiger partial charge in [-0.3, -0.25) is 0 Å². The largest absolute Gasteiger partial charge is 0.497 e. The van der Waals surface area contributed by atoms with Gasteiger partial charge in [-0.15, -0.1) is 0 Å². The van der Waals surface area contributed by atoms with Gasteiger partial charge in [0.2, 0.25) is 0 Å². The number of rotatable bonds is 6. The van der Waals surface area contributed by atoms with Gasteiger partial charge in [-0.2, -0.15) is 0 Å². The van der Waals surface area contributed by atoms with Crippen molar-refractivity contribution in [3.63, 3.8) is 0 Å². The van der Waals surface area contributed by atoms with E-state index in [0.717, 1.165) is 33.3 Å². The topological polar surface area (TPSA) is 26.3 Å². The van der Waals surface area contributed by atoms with Crippen LogP contribution in [0.1, 0.15) is 27.7 Å². The maximum absolute atomic E-state index is 14.3. The predicted molar refractivity (Wildman–Crippen MR) is 121 cm³/mol. The Morgan fingerprint density at radius 1 is 0.714 bits per heavy atom. The highest BCUT2D eigenvalue weighted by molar-refractivity contribution is 7.73. The highest BCUT2D eigenvalue weighted by Gasteiger charge is 2.35. The minimum absolute atomic E-state index is 0.0576. The lowest BCUT2D eigenvalue weighted by atomic mass is 9.94. The van der Waals surface area contributed by atoms with E-state index >= 15 is 0 Å². The first-order valence-corrected chi connectivity index (χ1v) is 11.7. The summed E-state index contributed by atoms with van der Waals surface area (Å²) in [4.78, 5) is 0. The molecule has 0 spiro atoms. The average molecular weight is 392 g/mol. The molecule has 0 aromatic heterocycles. The van der Waals surface area contributed by atoms with Crippen molar-refractivity contribution in [3.8, 4) is 28.0 Å². The molecule has 0 saturated carbocycles. The molecule has 0 amide bonds. The molecule has 3 aromatic carbocycles. The SMILES string of the molecule is COc1ccc(-c2ccccc2-c2ccccc2)c(P(=O)(C(C)C)C(C)C)c1. The third-order valence-corrected chi connectivity index (χ3v) is 9.61. The van der Waals surface area contributed by atoms with Gasteiger partial charge in [-0.25, -0.2) is 0 Å². The summed E-state index contributed by atoms with van der Waals surface area (Å²) in [5.41, 5.74) is 4.56. The van der Waals surface area contributed by atoms with E-state index in [1.54, 1.807) is 7.11 Å². The van der Waals surface area contributed by atoms with Crippen molar-refractivity contribution in [2.75, 3.05) is 7.11 Å². The molecule has 0 bridgehead atoms. The lowest BCUT2D eigenvalue weighted by Crippen LogP contribution is -2.22. The molecular formula is C25H29O2P. The Kier molecular flexibility index (Phi) is 6.10. The molecule has 0 aliphatic carbocycles. The van der Waals surface area contributed by atoms with Crippen LogP contribution in [-0.4, -0.2) is 18.4 Å². The Labute approximate surface area is 169 Å². The van der Waals surface area contributed by atoms with Gasteiger partial charge in [0.1, 0.15) is 12.9 Å². The number of benzene rings is 3. The van der Waals surface area contributed by atoms with Gasteiger partial charge >= 0.3 is 0 Å². The third kappa shape index (κ3) is 3.66. The van der Waals surface area contributed by atoms with E-state index < -0.39 is 7.14 Å². The first-order chi connectivity index (χ1) is 13.4. The van der Waals surface area contributed by atoms with Crippen LogP contribution in [0.25, 0.3) is 22.3 Å². The summed E-state index contributed by atoms with van der Waals surface area (Å²) in [5.74, 6) is 0.748. The molecule has 0 fully saturated rings. The van der Waals surface area contributed by atoms with Gasteiger partial charge in [-0.05, 0) is 40.5 Å². The van der Waals surface area contributed by atoms with Crippen LogP contribution in [0.5, 0.6) is 5.75 Å². The van der Waals surface area contributed by atoms with Gasteiger partial charge in [-0.1, -0.05) is 82.3 Å². The van der Waals surface area contributed by atoms with Gasteiger partial charge in [0.05, 0.1) is 7.11 Å². The van der Waals surface area contributed by atoms with E-state index in [9.17, 15) is 4.57 Å². The van der Waals surface area contributed by atoms with Crippen molar-refractivity contribution >= 4 is 12.4 Å². The summed E-state index contributed by atoms with van der Waals surface area (Å²) in [6.45, 7) is 8.25. The second-order valence-corrected chi connectivity index (χ2v) is 11.7. The summed E-state index contributed by atoms with van der Waals surface area (Å²) in [6, 6.07) is 24.7. The standard InChI is InChI=1S/C25H29O2P/c1-18(2)28(26,19(3)4)25-17-21(27-5)15-16-24(25)23-14-10-9-13-22(23)20-11-7-6-8-12-20/h6-19H,1-5H3. The molecule has 0 atom stereocenters. The van der Waals surface area contributed by atoms with Crippen molar-refractivity contribution in [1.82, 2.24) is 0 Å². The van der Waals surface area contributed by atoms with E-state index in [4.69, 9.17) is 4.74 Å². The van der Waals surface area contributed by atoms with Crippen LogP contribution >= 0.6 is 7.14 Å². The molecule has 0 radical (unpaired) electrons. The Bertz CT molecular complexity index is 978. The summed E-state index contributed by atoms with van der Waals surface area (Å²) in [7, 11) is -0.991. The number of hydrogen-bond donors (Lipinski definition) is 0. The molecule has 146 valence electrons. The van der Waals surface area contributed by atoms with Crippen LogP contribution in [0.3, 0.4) is 0 Å². The van der Waals surface area contributed by atoms with Crippen LogP contribution < -0.4 is 10.0 Å². The van der Waals surface area contributed by atoms with E-state index in [1.165, 1.54) is 0 Å². The monoisotopic (exact) mass is 392 g/mol. The molecular weight excluding hydrogens is 363 g/mol. The molecule has 3 rings (SSSR count). The van der Waals surface area contributed by atoms with Crippen molar-refractivity contribution in [2.24, 2.45) is 0 Å². The van der Waals surface area contributed by atoms with Crippen molar-refractivity contribution in [3.05, 3.63) is 72.8 Å². The third-order valence-electron chi connectivity index (χ3n) is 5.42. The van der Waals surface area contributed by atoms with E-state index in [-0.39, 0.29) is 11.3 Å². The van der Waals surface area contributed by atoms with Crippen molar-refractivity contribution in [1.29, 1.82) is 0 Å². The maximum Gasteiger partial charge on any atom is 0.121 e. The van der Waals surface area contributed by atoms with Crippen molar-refractivity contribution in [2.45, 2.75) is 39.0 Å². The zero-order chi connectivity index (χ0) is 20.3. The molecule has 0 aliphatic heterocycles. The molecule has 0 heterocycles. The Balaban J connectivity index is 2.32. The van der Waals surface area contributed by atoms with E-state index in [1.807, 2.05) is 36.4 Å². The summed E-state index contributed by atoms with van der Waals surface area (Å²) < 4.78 is 19.8. The average Bonchev–Trinajstić information content (AvgIpc) is 2.73. The second-order valence-electron chi connectivity index (χ2n) is 7.69. The number of methoxy groups -OCH3 is 1. The summed E-state index contributed by atoms with van der Waals surface area (Å²) >= 11 is 0. The Morgan fingerprint density at radius 3 is 1.86 bits per heavy atom. The fourth-order valence-corrected chi connectivity index (χ4v) is 7.10. The molecule has 28 heavy (non-hydrogen) atoms. The highest BCUT2D eigenvalue weighted by atomic mass is 31.2. The van der Waals surface area contributed by atoms with Crippen LogP contribution in [-0.2, 0) is 4.57 Å². The van der Waals surface area contributed by atoms with Gasteiger partial charge in [0.25, 0.3) is 0 Å². The van der Waals surface area contributed by atoms with Crippen LogP contribution in [0.15, 0.2) is 72.8 Å². The van der Waals surface area contributed by atoms with Crippen LogP contribution in [0.4, 0.5) is 0 Å². The molecule has 3 heteroatoms. The fourth-order valence-electron chi connectivity index (χ4n) is 3.90. The zero-order valence-electron chi connectivity index (χ0n) is 17.3. The first kappa shape index (κ1) is 20.4. The quantitative estimate of drug-likeness (QED) is 0.430. The smallest absolute Gasteiger partial charge is 0.121 e. The van der Waals surface area contributed by atoms with Gasteiger partial charge in [0.15, 0.2) is 0 Å². The Morgan fingerprint density at radius 2 is 1.29 bits per heavy atom. The highest BCUT2D eigenvalue weighted by Crippen LogP contribution is 2.56. The maximum atomic E-state index is 14.3. The minimum atomic E-state index is -2.65. The predicted octanol–water partition coefficient (Wildman–Crippen LogP) is 6.83. The minimum Gasteiger partial charge on any atom is -0.497 e. The summed E-state index contributed by atoms with van der Waals surface area (Å²) in [6.07, 6.45) is 0. The van der Waals surface area contributed by atoms with Gasteiger partial charge < -0.3 is 9.30 Å². The molecule has 3 aromatic rings. The zero-order valence-corrected chi connectivity index (χ0v) is 18.2. The molecule has 0 saturated heterocycles. The first-order valence-electron chi connectivity index (χ1n) is 9.82. The number of hydrogen-bond acceptors (Lipinski definition) is 2. The van der Waals surface area contributed by atoms with Crippen LogP contribution in [0, 0.1) is 0 Å². The van der Waals surface area contributed by atoms with E-state index in [0.29, 0.717) is 0 Å². The molecule has 0 N–H and O–H groups in total. The van der Waals surface area contributed by atoms with Gasteiger partial charge in [0, 0.05) is 16.6 Å². The second kappa shape index (κ2) is 8.37. The molecule has 0 unspecified atom stereocenters. The lowest BCUT2D eigenvalue weighted by Gasteiger charge is -2.29. The molecule has 0 aliphatic rings. The van der Waals surface area contributed by atoms with Crippen molar-refractivity contribution < 1.29 is 9.30 Å². The lowest BCUT2D eigenvalue weighted by molar-refractivity contribution is 0.415. The summed E-state index contributed by atoms with van der Waals surface area (Å²) in [5, 5.41) is 0.917. The Hall–Kier alpha value is -2.31. The van der Waals surface area contributed by atoms with Crippen LogP contribution in [0.2, 0.25) is 0 Å². The number of ether oxygens (including phenoxy) is 1. The van der Waals surface area contributed by atoms with E-state index in [2.05, 4.69) is 64.1 Å². The molecule has 2 nitrogen and oxygen atoms in total. The normalized spacial score (nSPS) is 11.8.